The van der Waals surface area contributed by atoms with E-state index in [0.29, 0.717) is 0 Å². The predicted molar refractivity (Wildman–Crippen MR) is 92.6 cm³/mol. The molecule has 1 N–H and O–H groups in total. The minimum absolute atomic E-state index is 0.0567. The van der Waals surface area contributed by atoms with E-state index in [4.69, 9.17) is 0 Å². The molecule has 2 rings (SSSR count). The molecular formula is C14H17Br2N3S. The van der Waals surface area contributed by atoms with E-state index in [0.717, 1.165) is 29.2 Å². The fraction of sp³-hybridized carbons (Fsp3) is 0.429. The summed E-state index contributed by atoms with van der Waals surface area (Å²) in [6.45, 7) is 7.20. The number of rotatable bonds is 4. The summed E-state index contributed by atoms with van der Waals surface area (Å²) in [4.78, 5) is 10.4. The molecule has 2 aromatic heterocycles. The lowest BCUT2D eigenvalue weighted by atomic mass is 9.96. The molecule has 0 spiro atoms. The SMILES string of the molecule is CC(C)(C)c1nc(Br)cc(NCCc2ccc(Br)s2)n1. The quantitative estimate of drug-likeness (QED) is 0.708. The Balaban J connectivity index is 2.00. The molecule has 0 aliphatic rings. The zero-order chi connectivity index (χ0) is 14.8. The van der Waals surface area contributed by atoms with Crippen LogP contribution in [0.15, 0.2) is 26.6 Å². The van der Waals surface area contributed by atoms with Crippen LogP contribution in [0.1, 0.15) is 31.5 Å². The molecule has 0 saturated carbocycles. The van der Waals surface area contributed by atoms with E-state index >= 15 is 0 Å². The van der Waals surface area contributed by atoms with Gasteiger partial charge in [0.05, 0.1) is 3.79 Å². The zero-order valence-corrected chi connectivity index (χ0v) is 15.7. The van der Waals surface area contributed by atoms with Gasteiger partial charge < -0.3 is 5.32 Å². The van der Waals surface area contributed by atoms with Gasteiger partial charge in [0.1, 0.15) is 16.2 Å². The van der Waals surface area contributed by atoms with Crippen molar-refractivity contribution >= 4 is 49.0 Å². The molecule has 3 nitrogen and oxygen atoms in total. The lowest BCUT2D eigenvalue weighted by Crippen LogP contribution is -2.17. The Labute approximate surface area is 140 Å². The topological polar surface area (TPSA) is 37.8 Å². The van der Waals surface area contributed by atoms with Gasteiger partial charge >= 0.3 is 0 Å². The van der Waals surface area contributed by atoms with E-state index in [1.165, 1.54) is 8.66 Å². The van der Waals surface area contributed by atoms with Crippen molar-refractivity contribution in [2.75, 3.05) is 11.9 Å². The van der Waals surface area contributed by atoms with Gasteiger partial charge in [-0.05, 0) is 50.4 Å². The first kappa shape index (κ1) is 15.9. The normalized spacial score (nSPS) is 11.7. The van der Waals surface area contributed by atoms with Gasteiger partial charge in [0.25, 0.3) is 0 Å². The Morgan fingerprint density at radius 2 is 1.95 bits per heavy atom. The highest BCUT2D eigenvalue weighted by Crippen LogP contribution is 2.24. The number of halogens is 2. The molecule has 108 valence electrons. The average molecular weight is 419 g/mol. The number of anilines is 1. The third-order valence-corrected chi connectivity index (χ3v) is 4.76. The molecular weight excluding hydrogens is 402 g/mol. The van der Waals surface area contributed by atoms with E-state index in [1.807, 2.05) is 6.07 Å². The molecule has 0 radical (unpaired) electrons. The van der Waals surface area contributed by atoms with Crippen LogP contribution < -0.4 is 5.32 Å². The summed E-state index contributed by atoms with van der Waals surface area (Å²) in [6, 6.07) is 6.14. The van der Waals surface area contributed by atoms with Crippen LogP contribution in [0.25, 0.3) is 0 Å². The first-order chi connectivity index (χ1) is 9.34. The minimum atomic E-state index is -0.0567. The van der Waals surface area contributed by atoms with Crippen LogP contribution in [0.5, 0.6) is 0 Å². The maximum atomic E-state index is 4.58. The van der Waals surface area contributed by atoms with Gasteiger partial charge in [0.15, 0.2) is 0 Å². The minimum Gasteiger partial charge on any atom is -0.370 e. The largest absolute Gasteiger partial charge is 0.370 e. The van der Waals surface area contributed by atoms with Crippen molar-refractivity contribution in [3.8, 4) is 0 Å². The molecule has 0 fully saturated rings. The molecule has 6 heteroatoms. The van der Waals surface area contributed by atoms with Gasteiger partial charge in [0, 0.05) is 22.9 Å². The van der Waals surface area contributed by atoms with Crippen LogP contribution in [0.4, 0.5) is 5.82 Å². The van der Waals surface area contributed by atoms with E-state index in [9.17, 15) is 0 Å². The molecule has 2 aromatic rings. The summed E-state index contributed by atoms with van der Waals surface area (Å²) >= 11 is 8.70. The predicted octanol–water partition coefficient (Wildman–Crippen LogP) is 5.02. The van der Waals surface area contributed by atoms with Gasteiger partial charge in [-0.15, -0.1) is 11.3 Å². The van der Waals surface area contributed by atoms with Gasteiger partial charge in [-0.2, -0.15) is 0 Å². The van der Waals surface area contributed by atoms with Crippen molar-refractivity contribution in [1.29, 1.82) is 0 Å². The summed E-state index contributed by atoms with van der Waals surface area (Å²) in [6.07, 6.45) is 0.989. The molecule has 20 heavy (non-hydrogen) atoms. The second-order valence-corrected chi connectivity index (χ2v) is 8.89. The highest BCUT2D eigenvalue weighted by Gasteiger charge is 2.18. The van der Waals surface area contributed by atoms with Crippen molar-refractivity contribution in [2.45, 2.75) is 32.6 Å². The van der Waals surface area contributed by atoms with Crippen LogP contribution in [0.3, 0.4) is 0 Å². The van der Waals surface area contributed by atoms with E-state index in [-0.39, 0.29) is 5.41 Å². The third kappa shape index (κ3) is 4.53. The van der Waals surface area contributed by atoms with Crippen LogP contribution in [-0.2, 0) is 11.8 Å². The summed E-state index contributed by atoms with van der Waals surface area (Å²) in [5.41, 5.74) is -0.0567. The molecule has 0 bridgehead atoms. The van der Waals surface area contributed by atoms with Crippen molar-refractivity contribution < 1.29 is 0 Å². The Hall–Kier alpha value is -0.460. The molecule has 2 heterocycles. The number of thiophene rings is 1. The lowest BCUT2D eigenvalue weighted by Gasteiger charge is -2.17. The third-order valence-electron chi connectivity index (χ3n) is 2.67. The Morgan fingerprint density at radius 1 is 1.20 bits per heavy atom. The van der Waals surface area contributed by atoms with Gasteiger partial charge in [-0.1, -0.05) is 20.8 Å². The van der Waals surface area contributed by atoms with Crippen LogP contribution in [0.2, 0.25) is 0 Å². The number of hydrogen-bond acceptors (Lipinski definition) is 4. The molecule has 0 saturated heterocycles. The summed E-state index contributed by atoms with van der Waals surface area (Å²) in [5.74, 6) is 1.71. The molecule has 0 aliphatic heterocycles. The van der Waals surface area contributed by atoms with Gasteiger partial charge in [-0.3, -0.25) is 0 Å². The van der Waals surface area contributed by atoms with Crippen molar-refractivity contribution in [1.82, 2.24) is 9.97 Å². The van der Waals surface area contributed by atoms with E-state index in [1.54, 1.807) is 11.3 Å². The highest BCUT2D eigenvalue weighted by atomic mass is 79.9. The Kier molecular flexibility index (Phi) is 5.20. The van der Waals surface area contributed by atoms with Gasteiger partial charge in [0.2, 0.25) is 0 Å². The lowest BCUT2D eigenvalue weighted by molar-refractivity contribution is 0.544. The Bertz CT molecular complexity index is 590. The monoisotopic (exact) mass is 417 g/mol. The van der Waals surface area contributed by atoms with Crippen LogP contribution in [0, 0.1) is 0 Å². The molecule has 0 amide bonds. The Morgan fingerprint density at radius 3 is 2.55 bits per heavy atom. The van der Waals surface area contributed by atoms with Crippen molar-refractivity contribution in [3.63, 3.8) is 0 Å². The molecule has 0 unspecified atom stereocenters. The first-order valence-electron chi connectivity index (χ1n) is 6.38. The molecule has 0 aromatic carbocycles. The zero-order valence-electron chi connectivity index (χ0n) is 11.7. The molecule has 0 atom stereocenters. The van der Waals surface area contributed by atoms with Gasteiger partial charge in [-0.25, -0.2) is 9.97 Å². The van der Waals surface area contributed by atoms with Crippen LogP contribution >= 0.6 is 43.2 Å². The van der Waals surface area contributed by atoms with Crippen LogP contribution in [-0.4, -0.2) is 16.5 Å². The number of hydrogen-bond donors (Lipinski definition) is 1. The average Bonchev–Trinajstić information content (AvgIpc) is 2.73. The maximum absolute atomic E-state index is 4.58. The second kappa shape index (κ2) is 6.54. The summed E-state index contributed by atoms with van der Waals surface area (Å²) < 4.78 is 1.99. The molecule has 0 aliphatic carbocycles. The van der Waals surface area contributed by atoms with Crippen molar-refractivity contribution in [3.05, 3.63) is 37.3 Å². The van der Waals surface area contributed by atoms with Crippen molar-refractivity contribution in [2.24, 2.45) is 0 Å². The summed E-state index contributed by atoms with van der Waals surface area (Å²) in [7, 11) is 0. The second-order valence-electron chi connectivity index (χ2n) is 5.53. The smallest absolute Gasteiger partial charge is 0.137 e. The van der Waals surface area contributed by atoms with E-state index in [2.05, 4.69) is 80.0 Å². The fourth-order valence-corrected chi connectivity index (χ4v) is 3.51. The standard InChI is InChI=1S/C14H17Br2N3S/c1-14(2,3)13-18-10(15)8-12(19-13)17-7-6-9-4-5-11(16)20-9/h4-5,8H,6-7H2,1-3H3,(H,17,18,19). The van der Waals surface area contributed by atoms with E-state index < -0.39 is 0 Å². The highest BCUT2D eigenvalue weighted by molar-refractivity contribution is 9.11. The summed E-state index contributed by atoms with van der Waals surface area (Å²) in [5, 5.41) is 3.37. The first-order valence-corrected chi connectivity index (χ1v) is 8.78. The fourth-order valence-electron chi connectivity index (χ4n) is 1.64. The number of aromatic nitrogens is 2. The number of nitrogens with one attached hydrogen (secondary N) is 1. The number of nitrogens with zero attached hydrogens (tertiary/aromatic N) is 2. The maximum Gasteiger partial charge on any atom is 0.137 e.